The summed E-state index contributed by atoms with van der Waals surface area (Å²) >= 11 is 5.88. The van der Waals surface area contributed by atoms with Crippen LogP contribution < -0.4 is 9.62 Å². The highest BCUT2D eigenvalue weighted by Crippen LogP contribution is 2.29. The third-order valence-electron chi connectivity index (χ3n) is 4.98. The molecule has 2 aromatic carbocycles. The Hall–Kier alpha value is -2.05. The number of rotatable bonds is 7. The van der Waals surface area contributed by atoms with Crippen LogP contribution in [0.25, 0.3) is 0 Å². The van der Waals surface area contributed by atoms with Crippen LogP contribution in [0.2, 0.25) is 5.02 Å². The van der Waals surface area contributed by atoms with Crippen molar-refractivity contribution in [2.45, 2.75) is 38.1 Å². The van der Waals surface area contributed by atoms with Crippen molar-refractivity contribution in [1.82, 2.24) is 5.32 Å². The molecule has 0 aromatic heterocycles. The average molecular weight is 421 g/mol. The van der Waals surface area contributed by atoms with Crippen LogP contribution in [0.15, 0.2) is 48.5 Å². The molecule has 0 saturated heterocycles. The number of benzene rings is 2. The van der Waals surface area contributed by atoms with Crippen LogP contribution in [0.5, 0.6) is 0 Å². The highest BCUT2D eigenvalue weighted by molar-refractivity contribution is 7.92. The van der Waals surface area contributed by atoms with E-state index in [0.29, 0.717) is 17.1 Å². The maximum absolute atomic E-state index is 12.4. The summed E-state index contributed by atoms with van der Waals surface area (Å²) in [5.41, 5.74) is 3.04. The highest BCUT2D eigenvalue weighted by Gasteiger charge is 2.22. The first-order valence-corrected chi connectivity index (χ1v) is 11.7. The van der Waals surface area contributed by atoms with Crippen LogP contribution in [-0.2, 0) is 21.2 Å². The molecule has 0 aliphatic heterocycles. The Labute approximate surface area is 171 Å². The monoisotopic (exact) mass is 420 g/mol. The second-order valence-electron chi connectivity index (χ2n) is 7.13. The van der Waals surface area contributed by atoms with Crippen LogP contribution in [-0.4, -0.2) is 27.1 Å². The van der Waals surface area contributed by atoms with E-state index in [1.807, 2.05) is 12.1 Å². The van der Waals surface area contributed by atoms with Crippen LogP contribution in [0.4, 0.5) is 5.69 Å². The molecule has 0 spiro atoms. The highest BCUT2D eigenvalue weighted by atomic mass is 35.5. The minimum atomic E-state index is -3.44. The summed E-state index contributed by atoms with van der Waals surface area (Å²) in [5.74, 6) is -0.0498. The number of amides is 1. The SMILES string of the molecule is CS(=O)(=O)N(CCCC(=O)NC1CCCc2ccccc21)c1ccc(Cl)cc1. The molecule has 2 aromatic rings. The fourth-order valence-electron chi connectivity index (χ4n) is 3.65. The average Bonchev–Trinajstić information content (AvgIpc) is 2.66. The summed E-state index contributed by atoms with van der Waals surface area (Å²) in [5, 5.41) is 3.66. The van der Waals surface area contributed by atoms with E-state index < -0.39 is 10.0 Å². The number of carbonyl (C=O) groups excluding carboxylic acids is 1. The summed E-state index contributed by atoms with van der Waals surface area (Å²) in [4.78, 5) is 12.4. The number of nitrogens with zero attached hydrogens (tertiary/aromatic N) is 1. The van der Waals surface area contributed by atoms with Crippen molar-refractivity contribution in [1.29, 1.82) is 0 Å². The molecule has 1 N–H and O–H groups in total. The molecule has 0 fully saturated rings. The number of nitrogens with one attached hydrogen (secondary N) is 1. The lowest BCUT2D eigenvalue weighted by molar-refractivity contribution is -0.122. The lowest BCUT2D eigenvalue weighted by Crippen LogP contribution is -2.33. The molecule has 150 valence electrons. The van der Waals surface area contributed by atoms with Gasteiger partial charge in [-0.15, -0.1) is 0 Å². The fraction of sp³-hybridized carbons (Fsp3) is 0.381. The molecular weight excluding hydrogens is 396 g/mol. The predicted octanol–water partition coefficient (Wildman–Crippen LogP) is 4.08. The third kappa shape index (κ3) is 5.26. The topological polar surface area (TPSA) is 66.5 Å². The van der Waals surface area contributed by atoms with Gasteiger partial charge in [0.05, 0.1) is 18.0 Å². The van der Waals surface area contributed by atoms with Crippen molar-refractivity contribution in [3.05, 3.63) is 64.7 Å². The molecule has 1 unspecified atom stereocenters. The molecule has 0 bridgehead atoms. The summed E-state index contributed by atoms with van der Waals surface area (Å²) in [6, 6.07) is 14.9. The Morgan fingerprint density at radius 1 is 1.18 bits per heavy atom. The predicted molar refractivity (Wildman–Crippen MR) is 113 cm³/mol. The van der Waals surface area contributed by atoms with Gasteiger partial charge in [-0.05, 0) is 61.1 Å². The molecule has 0 radical (unpaired) electrons. The Morgan fingerprint density at radius 3 is 2.61 bits per heavy atom. The Balaban J connectivity index is 1.57. The van der Waals surface area contributed by atoms with Gasteiger partial charge in [-0.2, -0.15) is 0 Å². The quantitative estimate of drug-likeness (QED) is 0.733. The normalized spacial score (nSPS) is 16.3. The summed E-state index contributed by atoms with van der Waals surface area (Å²) in [7, 11) is -3.44. The van der Waals surface area contributed by atoms with Crippen LogP contribution >= 0.6 is 11.6 Å². The number of hydrogen-bond donors (Lipinski definition) is 1. The van der Waals surface area contributed by atoms with E-state index in [1.54, 1.807) is 24.3 Å². The van der Waals surface area contributed by atoms with Gasteiger partial charge in [-0.1, -0.05) is 35.9 Å². The molecular formula is C21H25ClN2O3S. The number of halogens is 1. The number of aryl methyl sites for hydroxylation is 1. The molecule has 1 amide bonds. The summed E-state index contributed by atoms with van der Waals surface area (Å²) in [6.07, 6.45) is 4.92. The molecule has 3 rings (SSSR count). The standard InChI is InChI=1S/C21H25ClN2O3S/c1-28(26,27)24(18-13-11-17(22)12-14-18)15-5-10-21(25)23-20-9-4-7-16-6-2-3-8-19(16)20/h2-3,6,8,11-14,20H,4-5,7,9-10,15H2,1H3,(H,23,25). The lowest BCUT2D eigenvalue weighted by Gasteiger charge is -2.26. The van der Waals surface area contributed by atoms with Crippen molar-refractivity contribution in [3.63, 3.8) is 0 Å². The van der Waals surface area contributed by atoms with Gasteiger partial charge in [-0.25, -0.2) is 8.42 Å². The fourth-order valence-corrected chi connectivity index (χ4v) is 4.74. The van der Waals surface area contributed by atoms with Crippen molar-refractivity contribution in [2.24, 2.45) is 0 Å². The zero-order valence-electron chi connectivity index (χ0n) is 15.9. The number of fused-ring (bicyclic) bond motifs is 1. The maximum atomic E-state index is 12.4. The van der Waals surface area contributed by atoms with Gasteiger partial charge in [0, 0.05) is 18.0 Å². The smallest absolute Gasteiger partial charge is 0.232 e. The van der Waals surface area contributed by atoms with Gasteiger partial charge in [-0.3, -0.25) is 9.10 Å². The van der Waals surface area contributed by atoms with E-state index in [0.717, 1.165) is 19.3 Å². The minimum Gasteiger partial charge on any atom is -0.349 e. The van der Waals surface area contributed by atoms with E-state index in [2.05, 4.69) is 17.4 Å². The van der Waals surface area contributed by atoms with Gasteiger partial charge in [0.2, 0.25) is 15.9 Å². The zero-order chi connectivity index (χ0) is 20.1. The minimum absolute atomic E-state index is 0.0414. The number of hydrogen-bond acceptors (Lipinski definition) is 3. The molecule has 28 heavy (non-hydrogen) atoms. The molecule has 0 saturated carbocycles. The number of carbonyl (C=O) groups is 1. The van der Waals surface area contributed by atoms with Gasteiger partial charge < -0.3 is 5.32 Å². The third-order valence-corrected chi connectivity index (χ3v) is 6.43. The first-order chi connectivity index (χ1) is 13.3. The molecule has 5 nitrogen and oxygen atoms in total. The number of anilines is 1. The molecule has 0 heterocycles. The van der Waals surface area contributed by atoms with Crippen LogP contribution in [0.1, 0.15) is 42.9 Å². The summed E-state index contributed by atoms with van der Waals surface area (Å²) < 4.78 is 25.6. The van der Waals surface area contributed by atoms with E-state index in [4.69, 9.17) is 11.6 Å². The Bertz CT molecular complexity index is 929. The lowest BCUT2D eigenvalue weighted by atomic mass is 9.87. The first-order valence-electron chi connectivity index (χ1n) is 9.45. The second kappa shape index (κ2) is 8.97. The summed E-state index contributed by atoms with van der Waals surface area (Å²) in [6.45, 7) is 0.245. The molecule has 1 aliphatic rings. The largest absolute Gasteiger partial charge is 0.349 e. The van der Waals surface area contributed by atoms with Crippen molar-refractivity contribution < 1.29 is 13.2 Å². The van der Waals surface area contributed by atoms with Gasteiger partial charge in [0.25, 0.3) is 0 Å². The van der Waals surface area contributed by atoms with E-state index in [9.17, 15) is 13.2 Å². The van der Waals surface area contributed by atoms with Crippen molar-refractivity contribution in [3.8, 4) is 0 Å². The van der Waals surface area contributed by atoms with Gasteiger partial charge in [0.15, 0.2) is 0 Å². The van der Waals surface area contributed by atoms with Gasteiger partial charge >= 0.3 is 0 Å². The van der Waals surface area contributed by atoms with E-state index >= 15 is 0 Å². The van der Waals surface area contributed by atoms with Crippen molar-refractivity contribution >= 4 is 33.2 Å². The van der Waals surface area contributed by atoms with Crippen LogP contribution in [0, 0.1) is 0 Å². The van der Waals surface area contributed by atoms with E-state index in [-0.39, 0.29) is 24.9 Å². The van der Waals surface area contributed by atoms with Crippen LogP contribution in [0.3, 0.4) is 0 Å². The molecule has 1 atom stereocenters. The number of sulfonamides is 1. The van der Waals surface area contributed by atoms with E-state index in [1.165, 1.54) is 21.7 Å². The Morgan fingerprint density at radius 2 is 1.89 bits per heavy atom. The van der Waals surface area contributed by atoms with Crippen molar-refractivity contribution in [2.75, 3.05) is 17.1 Å². The molecule has 7 heteroatoms. The maximum Gasteiger partial charge on any atom is 0.232 e. The zero-order valence-corrected chi connectivity index (χ0v) is 17.5. The second-order valence-corrected chi connectivity index (χ2v) is 9.47. The molecule has 1 aliphatic carbocycles. The Kier molecular flexibility index (Phi) is 6.62. The first kappa shape index (κ1) is 20.7. The van der Waals surface area contributed by atoms with Gasteiger partial charge in [0.1, 0.15) is 0 Å².